The van der Waals surface area contributed by atoms with Gasteiger partial charge < -0.3 is 15.1 Å². The molecule has 0 fully saturated rings. The lowest BCUT2D eigenvalue weighted by molar-refractivity contribution is 0.0953. The molecule has 4 heteroatoms. The first-order chi connectivity index (χ1) is 10.2. The molecule has 112 valence electrons. The highest BCUT2D eigenvalue weighted by Crippen LogP contribution is 2.15. The van der Waals surface area contributed by atoms with Gasteiger partial charge in [0.15, 0.2) is 0 Å². The van der Waals surface area contributed by atoms with Crippen LogP contribution in [-0.2, 0) is 0 Å². The predicted octanol–water partition coefficient (Wildman–Crippen LogP) is 3.06. The zero-order chi connectivity index (χ0) is 15.1. The molecule has 0 aliphatic rings. The predicted molar refractivity (Wildman–Crippen MR) is 83.3 cm³/mol. The lowest BCUT2D eigenvalue weighted by Gasteiger charge is -2.14. The largest absolute Gasteiger partial charge is 0.468 e. The fourth-order valence-corrected chi connectivity index (χ4v) is 2.17. The lowest BCUT2D eigenvalue weighted by atomic mass is 10.1. The van der Waals surface area contributed by atoms with Crippen LogP contribution >= 0.6 is 0 Å². The van der Waals surface area contributed by atoms with Crippen molar-refractivity contribution in [2.75, 3.05) is 13.1 Å². The SMILES string of the molecule is CCC(NCCNC(=O)c1ccc(C)cc1)c1ccco1. The van der Waals surface area contributed by atoms with Crippen LogP contribution in [0.2, 0.25) is 0 Å². The lowest BCUT2D eigenvalue weighted by Crippen LogP contribution is -2.33. The number of carbonyl (C=O) groups excluding carboxylic acids is 1. The Morgan fingerprint density at radius 3 is 2.57 bits per heavy atom. The standard InChI is InChI=1S/C17H22N2O2/c1-3-15(16-5-4-12-21-16)18-10-11-19-17(20)14-8-6-13(2)7-9-14/h4-9,12,15,18H,3,10-11H2,1-2H3,(H,19,20). The van der Waals surface area contributed by atoms with E-state index >= 15 is 0 Å². The maximum Gasteiger partial charge on any atom is 0.251 e. The minimum Gasteiger partial charge on any atom is -0.468 e. The molecule has 0 aliphatic carbocycles. The fourth-order valence-electron chi connectivity index (χ4n) is 2.17. The van der Waals surface area contributed by atoms with Gasteiger partial charge in [-0.25, -0.2) is 0 Å². The van der Waals surface area contributed by atoms with E-state index < -0.39 is 0 Å². The molecule has 2 rings (SSSR count). The molecule has 1 atom stereocenters. The summed E-state index contributed by atoms with van der Waals surface area (Å²) in [6.07, 6.45) is 2.62. The highest BCUT2D eigenvalue weighted by Gasteiger charge is 2.11. The Labute approximate surface area is 125 Å². The van der Waals surface area contributed by atoms with E-state index in [0.717, 1.165) is 17.7 Å². The number of rotatable bonds is 7. The summed E-state index contributed by atoms with van der Waals surface area (Å²) in [4.78, 5) is 11.9. The van der Waals surface area contributed by atoms with E-state index in [-0.39, 0.29) is 11.9 Å². The van der Waals surface area contributed by atoms with Gasteiger partial charge in [-0.05, 0) is 37.6 Å². The molecule has 1 heterocycles. The van der Waals surface area contributed by atoms with E-state index in [9.17, 15) is 4.79 Å². The number of carbonyl (C=O) groups is 1. The molecule has 0 saturated heterocycles. The Morgan fingerprint density at radius 2 is 1.95 bits per heavy atom. The first kappa shape index (κ1) is 15.3. The number of hydrogen-bond acceptors (Lipinski definition) is 3. The quantitative estimate of drug-likeness (QED) is 0.769. The molecular formula is C17H22N2O2. The van der Waals surface area contributed by atoms with Crippen LogP contribution in [0.25, 0.3) is 0 Å². The van der Waals surface area contributed by atoms with Crippen LogP contribution in [0.4, 0.5) is 0 Å². The summed E-state index contributed by atoms with van der Waals surface area (Å²) in [5.41, 5.74) is 1.84. The average Bonchev–Trinajstić information content (AvgIpc) is 3.02. The molecule has 1 aromatic carbocycles. The average molecular weight is 286 g/mol. The third kappa shape index (κ3) is 4.46. The summed E-state index contributed by atoms with van der Waals surface area (Å²) in [5, 5.41) is 6.29. The highest BCUT2D eigenvalue weighted by molar-refractivity contribution is 5.94. The normalized spacial score (nSPS) is 12.1. The Balaban J connectivity index is 1.74. The maximum atomic E-state index is 11.9. The molecular weight excluding hydrogens is 264 g/mol. The topological polar surface area (TPSA) is 54.3 Å². The Bertz CT molecular complexity index is 547. The van der Waals surface area contributed by atoms with E-state index in [1.165, 1.54) is 0 Å². The molecule has 2 N–H and O–H groups in total. The summed E-state index contributed by atoms with van der Waals surface area (Å²) in [6.45, 7) is 5.40. The summed E-state index contributed by atoms with van der Waals surface area (Å²) < 4.78 is 5.40. The number of aryl methyl sites for hydroxylation is 1. The zero-order valence-corrected chi connectivity index (χ0v) is 12.6. The van der Waals surface area contributed by atoms with Crippen molar-refractivity contribution < 1.29 is 9.21 Å². The van der Waals surface area contributed by atoms with Crippen molar-refractivity contribution in [2.24, 2.45) is 0 Å². The number of benzene rings is 1. The molecule has 0 spiro atoms. The smallest absolute Gasteiger partial charge is 0.251 e. The van der Waals surface area contributed by atoms with E-state index in [2.05, 4.69) is 17.6 Å². The van der Waals surface area contributed by atoms with Gasteiger partial charge in [-0.3, -0.25) is 4.79 Å². The molecule has 0 radical (unpaired) electrons. The molecule has 1 unspecified atom stereocenters. The monoisotopic (exact) mass is 286 g/mol. The minimum atomic E-state index is -0.0390. The molecule has 21 heavy (non-hydrogen) atoms. The second-order valence-corrected chi connectivity index (χ2v) is 5.05. The second-order valence-electron chi connectivity index (χ2n) is 5.05. The molecule has 2 aromatic rings. The molecule has 0 bridgehead atoms. The number of nitrogens with one attached hydrogen (secondary N) is 2. The van der Waals surface area contributed by atoms with Crippen LogP contribution in [0.5, 0.6) is 0 Å². The molecule has 4 nitrogen and oxygen atoms in total. The second kappa shape index (κ2) is 7.64. The van der Waals surface area contributed by atoms with Crippen molar-refractivity contribution in [1.29, 1.82) is 0 Å². The third-order valence-electron chi connectivity index (χ3n) is 3.41. The van der Waals surface area contributed by atoms with Gasteiger partial charge >= 0.3 is 0 Å². The van der Waals surface area contributed by atoms with Crippen molar-refractivity contribution in [3.63, 3.8) is 0 Å². The van der Waals surface area contributed by atoms with Crippen LogP contribution in [0.15, 0.2) is 47.1 Å². The van der Waals surface area contributed by atoms with Gasteiger partial charge in [0.1, 0.15) is 5.76 Å². The van der Waals surface area contributed by atoms with Gasteiger partial charge in [0, 0.05) is 18.7 Å². The molecule has 0 aliphatic heterocycles. The van der Waals surface area contributed by atoms with Gasteiger partial charge in [-0.2, -0.15) is 0 Å². The fraction of sp³-hybridized carbons (Fsp3) is 0.353. The van der Waals surface area contributed by atoms with Crippen LogP contribution in [0.3, 0.4) is 0 Å². The summed E-state index contributed by atoms with van der Waals surface area (Å²) in [7, 11) is 0. The summed E-state index contributed by atoms with van der Waals surface area (Å²) >= 11 is 0. The van der Waals surface area contributed by atoms with Gasteiger partial charge in [0.2, 0.25) is 0 Å². The first-order valence-corrected chi connectivity index (χ1v) is 7.32. The summed E-state index contributed by atoms with van der Waals surface area (Å²) in [5.74, 6) is 0.894. The van der Waals surface area contributed by atoms with E-state index in [1.54, 1.807) is 6.26 Å². The van der Waals surface area contributed by atoms with E-state index in [0.29, 0.717) is 18.7 Å². The van der Waals surface area contributed by atoms with Gasteiger partial charge in [-0.1, -0.05) is 24.6 Å². The van der Waals surface area contributed by atoms with Crippen LogP contribution < -0.4 is 10.6 Å². The zero-order valence-electron chi connectivity index (χ0n) is 12.6. The van der Waals surface area contributed by atoms with Crippen molar-refractivity contribution in [3.05, 3.63) is 59.5 Å². The van der Waals surface area contributed by atoms with Gasteiger partial charge in [-0.15, -0.1) is 0 Å². The van der Waals surface area contributed by atoms with Crippen molar-refractivity contribution in [2.45, 2.75) is 26.3 Å². The molecule has 1 amide bonds. The Morgan fingerprint density at radius 1 is 1.19 bits per heavy atom. The van der Waals surface area contributed by atoms with Crippen LogP contribution in [0, 0.1) is 6.92 Å². The number of amides is 1. The number of hydrogen-bond donors (Lipinski definition) is 2. The Hall–Kier alpha value is -2.07. The maximum absolute atomic E-state index is 11.9. The number of furan rings is 1. The first-order valence-electron chi connectivity index (χ1n) is 7.32. The van der Waals surface area contributed by atoms with Gasteiger partial charge in [0.05, 0.1) is 12.3 Å². The van der Waals surface area contributed by atoms with Gasteiger partial charge in [0.25, 0.3) is 5.91 Å². The summed E-state index contributed by atoms with van der Waals surface area (Å²) in [6, 6.07) is 11.6. The Kier molecular flexibility index (Phi) is 5.58. The van der Waals surface area contributed by atoms with Crippen molar-refractivity contribution in [1.82, 2.24) is 10.6 Å². The minimum absolute atomic E-state index is 0.0390. The molecule has 1 aromatic heterocycles. The molecule has 0 saturated carbocycles. The van der Waals surface area contributed by atoms with Crippen molar-refractivity contribution >= 4 is 5.91 Å². The van der Waals surface area contributed by atoms with E-state index in [1.807, 2.05) is 43.3 Å². The highest BCUT2D eigenvalue weighted by atomic mass is 16.3. The van der Waals surface area contributed by atoms with Crippen LogP contribution in [0.1, 0.15) is 41.1 Å². The van der Waals surface area contributed by atoms with E-state index in [4.69, 9.17) is 4.42 Å². The van der Waals surface area contributed by atoms with Crippen molar-refractivity contribution in [3.8, 4) is 0 Å². The third-order valence-corrected chi connectivity index (χ3v) is 3.41. The van der Waals surface area contributed by atoms with Crippen LogP contribution in [-0.4, -0.2) is 19.0 Å².